The molecule has 0 aliphatic carbocycles. The predicted molar refractivity (Wildman–Crippen MR) is 163 cm³/mol. The van der Waals surface area contributed by atoms with Crippen LogP contribution in [0.1, 0.15) is 51.3 Å². The number of rotatable bonds is 15. The number of carbonyl (C=O) groups excluding carboxylic acids is 2. The van der Waals surface area contributed by atoms with Crippen molar-refractivity contribution in [3.8, 4) is 5.75 Å². The quantitative estimate of drug-likeness (QED) is 0.219. The van der Waals surface area contributed by atoms with Crippen LogP contribution < -0.4 is 10.1 Å². The molecule has 0 fully saturated rings. The van der Waals surface area contributed by atoms with Crippen LogP contribution in [0.4, 0.5) is 4.79 Å². The Morgan fingerprint density at radius 3 is 1.90 bits per heavy atom. The molecular formula is C34H44N2O6. The standard InChI is InChI=1S/C34H44N2O6/c1-6-39-31(40-7-2)24-36(23-27-14-10-8-11-15-27)32(37)30(35-33(38)41-25-28-16-12-9-13-17-28)22-26-18-20-29(21-19-26)42-34(3,4)5/h8-21,30-31H,6-7,22-25H2,1-5H3,(H,35,38). The second-order valence-corrected chi connectivity index (χ2v) is 10.9. The van der Waals surface area contributed by atoms with Crippen molar-refractivity contribution in [2.24, 2.45) is 0 Å². The molecule has 0 aliphatic rings. The molecule has 0 aliphatic heterocycles. The normalized spacial score (nSPS) is 12.0. The van der Waals surface area contributed by atoms with E-state index in [1.807, 2.05) is 120 Å². The molecule has 0 saturated heterocycles. The van der Waals surface area contributed by atoms with Crippen molar-refractivity contribution < 1.29 is 28.5 Å². The molecule has 226 valence electrons. The van der Waals surface area contributed by atoms with Gasteiger partial charge in [-0.05, 0) is 63.4 Å². The second kappa shape index (κ2) is 16.5. The lowest BCUT2D eigenvalue weighted by atomic mass is 10.0. The van der Waals surface area contributed by atoms with Crippen LogP contribution in [0, 0.1) is 0 Å². The summed E-state index contributed by atoms with van der Waals surface area (Å²) < 4.78 is 23.0. The molecule has 0 spiro atoms. The van der Waals surface area contributed by atoms with E-state index in [2.05, 4.69) is 5.32 Å². The van der Waals surface area contributed by atoms with Crippen LogP contribution in [0.5, 0.6) is 5.75 Å². The van der Waals surface area contributed by atoms with E-state index < -0.39 is 18.4 Å². The monoisotopic (exact) mass is 576 g/mol. The largest absolute Gasteiger partial charge is 0.488 e. The number of amides is 2. The number of hydrogen-bond acceptors (Lipinski definition) is 6. The Bertz CT molecular complexity index is 1210. The van der Waals surface area contributed by atoms with Gasteiger partial charge in [-0.3, -0.25) is 4.79 Å². The molecule has 42 heavy (non-hydrogen) atoms. The average Bonchev–Trinajstić information content (AvgIpc) is 2.96. The Kier molecular flexibility index (Phi) is 12.8. The lowest BCUT2D eigenvalue weighted by molar-refractivity contribution is -0.160. The Labute approximate surface area is 249 Å². The molecule has 1 N–H and O–H groups in total. The van der Waals surface area contributed by atoms with Crippen LogP contribution in [0.25, 0.3) is 0 Å². The molecular weight excluding hydrogens is 532 g/mol. The van der Waals surface area contributed by atoms with Gasteiger partial charge in [0, 0.05) is 26.2 Å². The first kappa shape index (κ1) is 32.6. The van der Waals surface area contributed by atoms with Crippen LogP contribution in [-0.2, 0) is 38.6 Å². The Hall–Kier alpha value is -3.88. The topological polar surface area (TPSA) is 86.3 Å². The molecule has 3 aromatic carbocycles. The van der Waals surface area contributed by atoms with Crippen LogP contribution in [-0.4, -0.2) is 54.6 Å². The van der Waals surface area contributed by atoms with Crippen molar-refractivity contribution >= 4 is 12.0 Å². The summed E-state index contributed by atoms with van der Waals surface area (Å²) in [4.78, 5) is 28.8. The van der Waals surface area contributed by atoms with Gasteiger partial charge >= 0.3 is 6.09 Å². The third-order valence-corrected chi connectivity index (χ3v) is 6.19. The summed E-state index contributed by atoms with van der Waals surface area (Å²) in [5.41, 5.74) is 2.34. The highest BCUT2D eigenvalue weighted by atomic mass is 16.7. The SMILES string of the molecule is CCOC(CN(Cc1ccccc1)C(=O)C(Cc1ccc(OC(C)(C)C)cc1)NC(=O)OCc1ccccc1)OCC. The minimum Gasteiger partial charge on any atom is -0.488 e. The van der Waals surface area contributed by atoms with E-state index in [1.165, 1.54) is 0 Å². The fourth-order valence-corrected chi connectivity index (χ4v) is 4.35. The summed E-state index contributed by atoms with van der Waals surface area (Å²) in [7, 11) is 0. The maximum absolute atomic E-state index is 14.2. The lowest BCUT2D eigenvalue weighted by Gasteiger charge is -2.31. The summed E-state index contributed by atoms with van der Waals surface area (Å²) in [6.07, 6.45) is -1.02. The van der Waals surface area contributed by atoms with Gasteiger partial charge in [0.15, 0.2) is 6.29 Å². The highest BCUT2D eigenvalue weighted by Gasteiger charge is 2.29. The zero-order chi connectivity index (χ0) is 30.4. The predicted octanol–water partition coefficient (Wildman–Crippen LogP) is 6.13. The highest BCUT2D eigenvalue weighted by molar-refractivity contribution is 5.86. The van der Waals surface area contributed by atoms with Crippen LogP contribution in [0.15, 0.2) is 84.9 Å². The molecule has 1 atom stereocenters. The molecule has 0 saturated carbocycles. The van der Waals surface area contributed by atoms with E-state index in [9.17, 15) is 9.59 Å². The van der Waals surface area contributed by atoms with Gasteiger partial charge in [0.1, 0.15) is 24.0 Å². The van der Waals surface area contributed by atoms with Gasteiger partial charge in [-0.2, -0.15) is 0 Å². The van der Waals surface area contributed by atoms with Crippen LogP contribution >= 0.6 is 0 Å². The third-order valence-electron chi connectivity index (χ3n) is 6.19. The summed E-state index contributed by atoms with van der Waals surface area (Å²) in [6.45, 7) is 11.2. The number of nitrogens with one attached hydrogen (secondary N) is 1. The van der Waals surface area contributed by atoms with E-state index >= 15 is 0 Å². The number of alkyl carbamates (subject to hydrolysis) is 1. The minimum atomic E-state index is -0.893. The van der Waals surface area contributed by atoms with E-state index in [1.54, 1.807) is 4.90 Å². The van der Waals surface area contributed by atoms with Crippen molar-refractivity contribution in [3.05, 3.63) is 102 Å². The molecule has 0 radical (unpaired) electrons. The van der Waals surface area contributed by atoms with Crippen LogP contribution in [0.2, 0.25) is 0 Å². The van der Waals surface area contributed by atoms with E-state index in [0.29, 0.717) is 19.8 Å². The maximum atomic E-state index is 14.2. The van der Waals surface area contributed by atoms with Crippen molar-refractivity contribution in [1.82, 2.24) is 10.2 Å². The Balaban J connectivity index is 1.85. The molecule has 3 rings (SSSR count). The highest BCUT2D eigenvalue weighted by Crippen LogP contribution is 2.20. The average molecular weight is 577 g/mol. The van der Waals surface area contributed by atoms with Crippen molar-refractivity contribution in [2.45, 2.75) is 72.1 Å². The smallest absolute Gasteiger partial charge is 0.408 e. The minimum absolute atomic E-state index is 0.0942. The second-order valence-electron chi connectivity index (χ2n) is 10.9. The molecule has 0 aromatic heterocycles. The molecule has 1 unspecified atom stereocenters. The Morgan fingerprint density at radius 2 is 1.36 bits per heavy atom. The van der Waals surface area contributed by atoms with Gasteiger partial charge in [0.2, 0.25) is 5.91 Å². The Morgan fingerprint density at radius 1 is 0.786 bits per heavy atom. The first-order chi connectivity index (χ1) is 20.2. The summed E-state index contributed by atoms with van der Waals surface area (Å²) in [6, 6.07) is 25.8. The molecule has 8 nitrogen and oxygen atoms in total. The molecule has 8 heteroatoms. The summed E-state index contributed by atoms with van der Waals surface area (Å²) in [5, 5.41) is 2.83. The third kappa shape index (κ3) is 11.5. The van der Waals surface area contributed by atoms with E-state index in [4.69, 9.17) is 18.9 Å². The van der Waals surface area contributed by atoms with Crippen molar-refractivity contribution in [2.75, 3.05) is 19.8 Å². The number of carbonyl (C=O) groups is 2. The fraction of sp³-hybridized carbons (Fsp3) is 0.412. The zero-order valence-corrected chi connectivity index (χ0v) is 25.4. The molecule has 3 aromatic rings. The molecule has 0 heterocycles. The number of hydrogen-bond donors (Lipinski definition) is 1. The van der Waals surface area contributed by atoms with Gasteiger partial charge in [-0.1, -0.05) is 72.8 Å². The van der Waals surface area contributed by atoms with Gasteiger partial charge in [0.05, 0.1) is 6.54 Å². The first-order valence-corrected chi connectivity index (χ1v) is 14.5. The number of nitrogens with zero attached hydrogens (tertiary/aromatic N) is 1. The zero-order valence-electron chi connectivity index (χ0n) is 25.4. The summed E-state index contributed by atoms with van der Waals surface area (Å²) >= 11 is 0. The maximum Gasteiger partial charge on any atom is 0.408 e. The lowest BCUT2D eigenvalue weighted by Crippen LogP contribution is -2.51. The van der Waals surface area contributed by atoms with Gasteiger partial charge in [-0.15, -0.1) is 0 Å². The summed E-state index contributed by atoms with van der Waals surface area (Å²) in [5.74, 6) is 0.460. The first-order valence-electron chi connectivity index (χ1n) is 14.5. The molecule has 2 amide bonds. The van der Waals surface area contributed by atoms with Gasteiger partial charge in [-0.25, -0.2) is 4.79 Å². The van der Waals surface area contributed by atoms with Crippen molar-refractivity contribution in [3.63, 3.8) is 0 Å². The number of ether oxygens (including phenoxy) is 4. The van der Waals surface area contributed by atoms with E-state index in [-0.39, 0.29) is 31.1 Å². The van der Waals surface area contributed by atoms with Gasteiger partial charge < -0.3 is 29.2 Å². The number of benzene rings is 3. The molecule has 0 bridgehead atoms. The van der Waals surface area contributed by atoms with Gasteiger partial charge in [0.25, 0.3) is 0 Å². The van der Waals surface area contributed by atoms with E-state index in [0.717, 1.165) is 22.4 Å². The fourth-order valence-electron chi connectivity index (χ4n) is 4.35. The van der Waals surface area contributed by atoms with Crippen molar-refractivity contribution in [1.29, 1.82) is 0 Å². The van der Waals surface area contributed by atoms with Crippen LogP contribution in [0.3, 0.4) is 0 Å².